The summed E-state index contributed by atoms with van der Waals surface area (Å²) in [5.41, 5.74) is 5.22. The molecule has 1 unspecified atom stereocenters. The van der Waals surface area contributed by atoms with Gasteiger partial charge in [0.2, 0.25) is 5.91 Å². The number of benzene rings is 2. The molecule has 2 amide bonds. The number of aromatic nitrogens is 5. The Bertz CT molecular complexity index is 1610. The molecule has 2 bridgehead atoms. The fraction of sp³-hybridized carbons (Fsp3) is 0.241. The molecule has 4 aromatic rings. The number of hydrogen-bond donors (Lipinski definition) is 3. The van der Waals surface area contributed by atoms with Crippen LogP contribution in [-0.4, -0.2) is 50.8 Å². The van der Waals surface area contributed by atoms with Crippen LogP contribution in [0.15, 0.2) is 61.1 Å². The Balaban J connectivity index is 1.43. The van der Waals surface area contributed by atoms with Crippen molar-refractivity contribution in [1.82, 2.24) is 30.5 Å². The first-order valence-electron chi connectivity index (χ1n) is 13.3. The van der Waals surface area contributed by atoms with Crippen LogP contribution in [0.25, 0.3) is 22.9 Å². The molecule has 1 aliphatic rings. The van der Waals surface area contributed by atoms with Crippen LogP contribution >= 0.6 is 23.2 Å². The summed E-state index contributed by atoms with van der Waals surface area (Å²) in [7, 11) is 1.32. The van der Waals surface area contributed by atoms with Gasteiger partial charge in [-0.15, -0.1) is 5.10 Å². The summed E-state index contributed by atoms with van der Waals surface area (Å²) in [5.74, 6) is -0.295. The number of carbonyl (C=O) groups is 2. The molecule has 42 heavy (non-hydrogen) atoms. The molecule has 2 aromatic carbocycles. The highest BCUT2D eigenvalue weighted by atomic mass is 35.5. The SMILES string of the molecule is COC(=O)Nc1ccc2c(c1)NCCCCCC(NC(=O)C=Cc1cc(Cl)ccc1-n1cnnn1)c1cc-2cnc1Cl. The Morgan fingerprint density at radius 2 is 2.00 bits per heavy atom. The lowest BCUT2D eigenvalue weighted by atomic mass is 9.96. The third-order valence-electron chi connectivity index (χ3n) is 6.81. The van der Waals surface area contributed by atoms with E-state index in [1.807, 2.05) is 18.2 Å². The van der Waals surface area contributed by atoms with Gasteiger partial charge in [0.15, 0.2) is 0 Å². The quantitative estimate of drug-likeness (QED) is 0.184. The average Bonchev–Trinajstić information content (AvgIpc) is 3.52. The number of halogens is 2. The Kier molecular flexibility index (Phi) is 9.30. The molecule has 0 spiro atoms. The molecule has 0 radical (unpaired) electrons. The van der Waals surface area contributed by atoms with Gasteiger partial charge >= 0.3 is 6.09 Å². The van der Waals surface area contributed by atoms with Crippen LogP contribution in [0, 0.1) is 0 Å². The Morgan fingerprint density at radius 3 is 2.81 bits per heavy atom. The van der Waals surface area contributed by atoms with Gasteiger partial charge in [0, 0.05) is 57.5 Å². The number of nitrogens with one attached hydrogen (secondary N) is 3. The van der Waals surface area contributed by atoms with Gasteiger partial charge in [-0.05, 0) is 65.7 Å². The van der Waals surface area contributed by atoms with Gasteiger partial charge in [0.25, 0.3) is 0 Å². The van der Waals surface area contributed by atoms with Crippen LogP contribution in [0.3, 0.4) is 0 Å². The number of tetrazole rings is 1. The Morgan fingerprint density at radius 1 is 1.12 bits per heavy atom. The van der Waals surface area contributed by atoms with E-state index < -0.39 is 6.09 Å². The van der Waals surface area contributed by atoms with Crippen LogP contribution in [0.2, 0.25) is 10.2 Å². The van der Waals surface area contributed by atoms with Crippen molar-refractivity contribution in [2.24, 2.45) is 0 Å². The van der Waals surface area contributed by atoms with E-state index in [0.717, 1.165) is 48.2 Å². The van der Waals surface area contributed by atoms with E-state index in [-0.39, 0.29) is 11.9 Å². The number of rotatable bonds is 5. The van der Waals surface area contributed by atoms with E-state index in [0.29, 0.717) is 33.5 Å². The van der Waals surface area contributed by atoms with Gasteiger partial charge in [0.05, 0.1) is 18.8 Å². The fourth-order valence-corrected chi connectivity index (χ4v) is 5.16. The first-order chi connectivity index (χ1) is 20.4. The van der Waals surface area contributed by atoms with E-state index in [1.54, 1.807) is 36.5 Å². The van der Waals surface area contributed by atoms with Gasteiger partial charge in [-0.1, -0.05) is 42.1 Å². The van der Waals surface area contributed by atoms with E-state index in [2.05, 4.69) is 36.5 Å². The lowest BCUT2D eigenvalue weighted by molar-refractivity contribution is -0.117. The molecule has 3 N–H and O–H groups in total. The highest BCUT2D eigenvalue weighted by molar-refractivity contribution is 6.31. The molecule has 1 aliphatic heterocycles. The van der Waals surface area contributed by atoms with E-state index in [9.17, 15) is 9.59 Å². The van der Waals surface area contributed by atoms with Crippen LogP contribution < -0.4 is 16.0 Å². The van der Waals surface area contributed by atoms with Crippen LogP contribution in [0.4, 0.5) is 16.2 Å². The molecule has 11 nitrogen and oxygen atoms in total. The average molecular weight is 608 g/mol. The molecule has 0 saturated heterocycles. The zero-order valence-electron chi connectivity index (χ0n) is 22.7. The van der Waals surface area contributed by atoms with Crippen molar-refractivity contribution in [3.05, 3.63) is 82.4 Å². The van der Waals surface area contributed by atoms with E-state index >= 15 is 0 Å². The van der Waals surface area contributed by atoms with Crippen LogP contribution in [-0.2, 0) is 9.53 Å². The normalized spacial score (nSPS) is 15.1. The molecular formula is C29H28Cl2N8O3. The maximum Gasteiger partial charge on any atom is 0.411 e. The minimum atomic E-state index is -0.548. The largest absolute Gasteiger partial charge is 0.453 e. The molecule has 5 rings (SSSR count). The number of pyridine rings is 1. The predicted octanol–water partition coefficient (Wildman–Crippen LogP) is 6.07. The molecule has 2 aromatic heterocycles. The van der Waals surface area contributed by atoms with Gasteiger partial charge in [-0.3, -0.25) is 10.1 Å². The minimum Gasteiger partial charge on any atom is -0.453 e. The van der Waals surface area contributed by atoms with Crippen molar-refractivity contribution in [2.45, 2.75) is 31.7 Å². The van der Waals surface area contributed by atoms with Gasteiger partial charge < -0.3 is 15.4 Å². The number of methoxy groups -OCH3 is 1. The number of anilines is 2. The molecular weight excluding hydrogens is 579 g/mol. The summed E-state index contributed by atoms with van der Waals surface area (Å²) in [6.45, 7) is 0.742. The topological polar surface area (TPSA) is 136 Å². The summed E-state index contributed by atoms with van der Waals surface area (Å²) >= 11 is 12.8. The summed E-state index contributed by atoms with van der Waals surface area (Å²) in [6, 6.07) is 12.4. The van der Waals surface area contributed by atoms with Gasteiger partial charge in [0.1, 0.15) is 11.5 Å². The monoisotopic (exact) mass is 606 g/mol. The molecule has 1 atom stereocenters. The van der Waals surface area contributed by atoms with Crippen molar-refractivity contribution in [1.29, 1.82) is 0 Å². The number of amides is 2. The van der Waals surface area contributed by atoms with Crippen molar-refractivity contribution in [3.63, 3.8) is 0 Å². The molecule has 0 fully saturated rings. The second-order valence-electron chi connectivity index (χ2n) is 9.61. The minimum absolute atomic E-state index is 0.295. The second kappa shape index (κ2) is 13.5. The molecule has 3 heterocycles. The predicted molar refractivity (Wildman–Crippen MR) is 162 cm³/mol. The van der Waals surface area contributed by atoms with Gasteiger partial charge in [-0.2, -0.15) is 4.68 Å². The smallest absolute Gasteiger partial charge is 0.411 e. The standard InChI is InChI=1S/C29H28Cl2N8O3/c1-42-29(41)35-21-8-9-22-19-14-23(28(31)33-16-19)24(5-3-2-4-12-32-25(22)15-21)36-27(40)11-6-18-13-20(30)7-10-26(18)39-17-34-37-38-39/h6-11,13-17,24,32H,2-5,12H2,1H3,(H,35,41)(H,36,40). The number of fused-ring (bicyclic) bond motifs is 4. The van der Waals surface area contributed by atoms with Crippen molar-refractivity contribution in [2.75, 3.05) is 24.3 Å². The molecule has 13 heteroatoms. The summed E-state index contributed by atoms with van der Waals surface area (Å²) < 4.78 is 6.22. The third-order valence-corrected chi connectivity index (χ3v) is 7.36. The number of ether oxygens (including phenoxy) is 1. The van der Waals surface area contributed by atoms with Crippen LogP contribution in [0.5, 0.6) is 0 Å². The molecule has 0 saturated carbocycles. The third kappa shape index (κ3) is 7.04. The number of carbonyl (C=O) groups excluding carboxylic acids is 2. The summed E-state index contributed by atoms with van der Waals surface area (Å²) in [5, 5.41) is 21.4. The first kappa shape index (κ1) is 29.0. The summed E-state index contributed by atoms with van der Waals surface area (Å²) in [6.07, 6.45) is 9.16. The first-order valence-corrected chi connectivity index (χ1v) is 14.1. The van der Waals surface area contributed by atoms with E-state index in [1.165, 1.54) is 24.2 Å². The zero-order chi connectivity index (χ0) is 29.5. The molecule has 0 aliphatic carbocycles. The van der Waals surface area contributed by atoms with Crippen molar-refractivity contribution in [3.8, 4) is 16.8 Å². The van der Waals surface area contributed by atoms with E-state index in [4.69, 9.17) is 27.9 Å². The summed E-state index contributed by atoms with van der Waals surface area (Å²) in [4.78, 5) is 29.4. The van der Waals surface area contributed by atoms with Crippen LogP contribution in [0.1, 0.15) is 42.9 Å². The highest BCUT2D eigenvalue weighted by Crippen LogP contribution is 2.35. The highest BCUT2D eigenvalue weighted by Gasteiger charge is 2.20. The number of nitrogens with zero attached hydrogens (tertiary/aromatic N) is 5. The zero-order valence-corrected chi connectivity index (χ0v) is 24.2. The Hall–Kier alpha value is -4.48. The fourth-order valence-electron chi connectivity index (χ4n) is 4.75. The second-order valence-corrected chi connectivity index (χ2v) is 10.4. The van der Waals surface area contributed by atoms with Crippen molar-refractivity contribution < 1.29 is 14.3 Å². The van der Waals surface area contributed by atoms with Gasteiger partial charge in [-0.25, -0.2) is 9.78 Å². The maximum absolute atomic E-state index is 13.2. The molecule has 216 valence electrons. The lowest BCUT2D eigenvalue weighted by Crippen LogP contribution is -2.27. The lowest BCUT2D eigenvalue weighted by Gasteiger charge is -2.22. The van der Waals surface area contributed by atoms with Crippen molar-refractivity contribution >= 4 is 52.7 Å². The maximum atomic E-state index is 13.2. The number of hydrogen-bond acceptors (Lipinski definition) is 8. The Labute approximate surface area is 252 Å².